The lowest BCUT2D eigenvalue weighted by Gasteiger charge is -2.15. The summed E-state index contributed by atoms with van der Waals surface area (Å²) in [4.78, 5) is 36.4. The van der Waals surface area contributed by atoms with Gasteiger partial charge >= 0.3 is 0 Å². The minimum atomic E-state index is -0.0941. The van der Waals surface area contributed by atoms with Crippen LogP contribution in [0, 0.1) is 20.8 Å². The van der Waals surface area contributed by atoms with Gasteiger partial charge in [0.2, 0.25) is 28.1 Å². The maximum absolute atomic E-state index is 13.1. The van der Waals surface area contributed by atoms with E-state index in [1.165, 1.54) is 0 Å². The molecule has 2 amide bonds. The summed E-state index contributed by atoms with van der Waals surface area (Å²) in [6.45, 7) is 15.6. The van der Waals surface area contributed by atoms with Crippen LogP contribution in [0.25, 0.3) is 38.9 Å². The highest BCUT2D eigenvalue weighted by Crippen LogP contribution is 2.39. The molecule has 9 rings (SSSR count). The van der Waals surface area contributed by atoms with Gasteiger partial charge in [0.1, 0.15) is 34.8 Å². The first-order valence-corrected chi connectivity index (χ1v) is 29.5. The van der Waals surface area contributed by atoms with Crippen molar-refractivity contribution in [2.75, 3.05) is 79.2 Å². The summed E-state index contributed by atoms with van der Waals surface area (Å²) in [7, 11) is 3.85. The molecule has 14 N–H and O–H groups in total. The van der Waals surface area contributed by atoms with Crippen LogP contribution >= 0.6 is 0 Å². The maximum Gasteiger partial charge on any atom is 0.251 e. The SMILES string of the molecule is C=[N+](c1ccc(N)cc1N)c1cc(NCCCCCCNC(=O)c2ccc(-c3ccc(C(=O)NCCCCCCNc4cc5c(cc4C)nc4cc(C)c(NC)cc4[n+]5-c4ccc(N)cc4N)cc3)cc2)c(C)cc1N=C1C=C(C)C(NC)=CC1. The molecule has 8 aromatic rings. The molecule has 0 atom stereocenters. The minimum absolute atomic E-state index is 0.0910. The highest BCUT2D eigenvalue weighted by atomic mass is 16.2. The van der Waals surface area contributed by atoms with Gasteiger partial charge in [0, 0.05) is 128 Å². The molecule has 1 aliphatic carbocycles. The van der Waals surface area contributed by atoms with Gasteiger partial charge in [-0.25, -0.2) is 9.98 Å². The second-order valence-electron chi connectivity index (χ2n) is 22.1. The maximum atomic E-state index is 13.1. The number of aliphatic imine (C=N–C) groups is 1. The number of nitrogens with two attached hydrogens (primary N) is 4. The normalized spacial score (nSPS) is 12.7. The van der Waals surface area contributed by atoms with Crippen molar-refractivity contribution in [2.24, 2.45) is 4.99 Å². The van der Waals surface area contributed by atoms with Crippen LogP contribution in [-0.4, -0.2) is 69.5 Å². The Bertz CT molecular complexity index is 3880. The van der Waals surface area contributed by atoms with Crippen molar-refractivity contribution in [3.05, 3.63) is 173 Å². The summed E-state index contributed by atoms with van der Waals surface area (Å²) in [6, 6.07) is 39.0. The third kappa shape index (κ3) is 14.6. The van der Waals surface area contributed by atoms with Crippen LogP contribution in [-0.2, 0) is 0 Å². The quantitative estimate of drug-likeness (QED) is 0.00848. The van der Waals surface area contributed by atoms with Gasteiger partial charge < -0.3 is 54.8 Å². The topological polar surface area (TPSA) is 243 Å². The third-order valence-electron chi connectivity index (χ3n) is 15.8. The van der Waals surface area contributed by atoms with Gasteiger partial charge in [-0.15, -0.1) is 4.57 Å². The number of carbonyl (C=O) groups excluding carboxylic acids is 2. The Balaban J connectivity index is 0.678. The molecule has 7 aromatic carbocycles. The van der Waals surface area contributed by atoms with Crippen LogP contribution in [0.5, 0.6) is 0 Å². The zero-order valence-electron chi connectivity index (χ0n) is 50.0. The number of anilines is 7. The van der Waals surface area contributed by atoms with E-state index in [0.717, 1.165) is 171 Å². The summed E-state index contributed by atoms with van der Waals surface area (Å²) in [6.07, 6.45) is 12.7. The molecule has 16 nitrogen and oxygen atoms in total. The van der Waals surface area contributed by atoms with E-state index >= 15 is 0 Å². The predicted octanol–water partition coefficient (Wildman–Crippen LogP) is 12.5. The Morgan fingerprint density at radius 3 is 1.60 bits per heavy atom. The predicted molar refractivity (Wildman–Crippen MR) is 357 cm³/mol. The van der Waals surface area contributed by atoms with Crippen LogP contribution in [0.3, 0.4) is 0 Å². The number of allylic oxidation sites excluding steroid dienone is 3. The molecule has 0 saturated heterocycles. The Labute approximate surface area is 499 Å². The average molecular weight is 1140 g/mol. The molecule has 0 saturated carbocycles. The van der Waals surface area contributed by atoms with Crippen molar-refractivity contribution in [3.8, 4) is 16.8 Å². The Hall–Kier alpha value is -9.70. The minimum Gasteiger partial charge on any atom is -0.399 e. The van der Waals surface area contributed by atoms with Crippen molar-refractivity contribution >= 4 is 103 Å². The molecule has 1 aliphatic rings. The molecule has 0 spiro atoms. The van der Waals surface area contributed by atoms with Gasteiger partial charge in [0.05, 0.1) is 0 Å². The van der Waals surface area contributed by atoms with Gasteiger partial charge in [-0.1, -0.05) is 56.0 Å². The summed E-state index contributed by atoms with van der Waals surface area (Å²) < 4.78 is 4.00. The van der Waals surface area contributed by atoms with Gasteiger partial charge in [0.25, 0.3) is 11.8 Å². The fourth-order valence-corrected chi connectivity index (χ4v) is 11.0. The second-order valence-corrected chi connectivity index (χ2v) is 22.1. The molecular formula is C69H82N14O2+2. The molecule has 0 fully saturated rings. The first-order chi connectivity index (χ1) is 41.1. The summed E-state index contributed by atoms with van der Waals surface area (Å²) in [5, 5.41) is 20.1. The van der Waals surface area contributed by atoms with Crippen LogP contribution in [0.2, 0.25) is 0 Å². The lowest BCUT2D eigenvalue weighted by atomic mass is 10.0. The zero-order chi connectivity index (χ0) is 60.1. The van der Waals surface area contributed by atoms with E-state index in [1.807, 2.05) is 91.5 Å². The fourth-order valence-electron chi connectivity index (χ4n) is 11.0. The van der Waals surface area contributed by atoms with Gasteiger partial charge in [-0.05, 0) is 160 Å². The monoisotopic (exact) mass is 1140 g/mol. The van der Waals surface area contributed by atoms with Crippen molar-refractivity contribution in [2.45, 2.75) is 85.5 Å². The summed E-state index contributed by atoms with van der Waals surface area (Å²) in [5.74, 6) is -0.185. The molecule has 85 heavy (non-hydrogen) atoms. The number of aryl methyl sites for hydroxylation is 3. The number of amides is 2. The third-order valence-corrected chi connectivity index (χ3v) is 15.8. The molecule has 0 aliphatic heterocycles. The van der Waals surface area contributed by atoms with Crippen LogP contribution < -0.4 is 64.0 Å². The first kappa shape index (κ1) is 59.9. The number of likely N-dealkylation sites (N-methyl/N-ethyl adjacent to an activating group) is 1. The van der Waals surface area contributed by atoms with Crippen molar-refractivity contribution in [3.63, 3.8) is 0 Å². The highest BCUT2D eigenvalue weighted by Gasteiger charge is 2.26. The molecule has 1 heterocycles. The number of carbonyl (C=O) groups is 2. The lowest BCUT2D eigenvalue weighted by Crippen LogP contribution is -2.34. The van der Waals surface area contributed by atoms with Crippen LogP contribution in [0.4, 0.5) is 56.9 Å². The lowest BCUT2D eigenvalue weighted by molar-refractivity contribution is -0.537. The van der Waals surface area contributed by atoms with E-state index < -0.39 is 0 Å². The number of nitrogen functional groups attached to an aromatic ring is 4. The number of aromatic nitrogens is 2. The van der Waals surface area contributed by atoms with E-state index in [9.17, 15) is 9.59 Å². The molecule has 438 valence electrons. The Morgan fingerprint density at radius 1 is 0.565 bits per heavy atom. The standard InChI is InChI=1S/C69H80N14O2/c1-43-34-53(26-27-56(43)74-5)80-60-36-45(3)58(41-65(60)82(7)63-28-24-51(70)38-54(63)72)76-30-12-8-10-14-32-78-68(84)49-20-16-47(17-21-49)48-18-22-50(23-19-48)69(85)79-33-15-11-9-13-31-77-59-42-67-62(37-46(59)4)81-61-35-44(2)57(75-6)40-66(61)83(67)64-29-25-52(71)39-55(64)73/h16-25,27-29,34-42,74,76H,7-15,26,30-33,70-73H2,1-6H3,(H2-,75,77,78,79,84,85)/p+2. The molecule has 1 aromatic heterocycles. The average Bonchev–Trinajstić information content (AvgIpc) is 3.66. The molecule has 0 bridgehead atoms. The van der Waals surface area contributed by atoms with Gasteiger partial charge in [-0.2, -0.15) is 4.58 Å². The molecule has 16 heteroatoms. The van der Waals surface area contributed by atoms with Crippen molar-refractivity contribution in [1.29, 1.82) is 0 Å². The number of fused-ring (bicyclic) bond motifs is 2. The zero-order valence-corrected chi connectivity index (χ0v) is 50.0. The number of rotatable bonds is 25. The van der Waals surface area contributed by atoms with E-state index in [1.54, 1.807) is 12.1 Å². The van der Waals surface area contributed by atoms with E-state index in [2.05, 4.69) is 119 Å². The molecular weight excluding hydrogens is 1060 g/mol. The van der Waals surface area contributed by atoms with Crippen molar-refractivity contribution in [1.82, 2.24) is 25.5 Å². The summed E-state index contributed by atoms with van der Waals surface area (Å²) in [5.41, 5.74) is 47.1. The highest BCUT2D eigenvalue weighted by molar-refractivity contribution is 6.01. The number of nitrogens with zero attached hydrogens (tertiary/aromatic N) is 4. The smallest absolute Gasteiger partial charge is 0.251 e. The second kappa shape index (κ2) is 27.6. The summed E-state index contributed by atoms with van der Waals surface area (Å²) >= 11 is 0. The van der Waals surface area contributed by atoms with Crippen molar-refractivity contribution < 1.29 is 14.2 Å². The molecule has 0 radical (unpaired) electrons. The number of hydrogen-bond acceptors (Lipinski definition) is 12. The number of hydrogen-bond donors (Lipinski definition) is 10. The fraction of sp³-hybridized carbons (Fsp3) is 0.275. The van der Waals surface area contributed by atoms with Gasteiger partial charge in [-0.3, -0.25) is 9.59 Å². The number of benzene rings is 7. The number of nitrogens with one attached hydrogen (secondary N) is 6. The molecule has 0 unspecified atom stereocenters. The van der Waals surface area contributed by atoms with Crippen LogP contribution in [0.1, 0.15) is 102 Å². The number of unbranched alkanes of at least 4 members (excludes halogenated alkanes) is 6. The largest absolute Gasteiger partial charge is 0.399 e. The Morgan fingerprint density at radius 2 is 1.07 bits per heavy atom. The van der Waals surface area contributed by atoms with E-state index in [4.69, 9.17) is 32.9 Å². The van der Waals surface area contributed by atoms with Crippen LogP contribution in [0.15, 0.2) is 150 Å². The Kier molecular flexibility index (Phi) is 19.4. The van der Waals surface area contributed by atoms with E-state index in [-0.39, 0.29) is 11.8 Å². The van der Waals surface area contributed by atoms with E-state index in [0.29, 0.717) is 53.4 Å². The first-order valence-electron chi connectivity index (χ1n) is 29.5. The van der Waals surface area contributed by atoms with Gasteiger partial charge in [0.15, 0.2) is 0 Å².